The van der Waals surface area contributed by atoms with Gasteiger partial charge in [-0.15, -0.1) is 0 Å². The van der Waals surface area contributed by atoms with Crippen molar-refractivity contribution >= 4 is 43.6 Å². The van der Waals surface area contributed by atoms with Gasteiger partial charge < -0.3 is 9.47 Å². The first kappa shape index (κ1) is 38.8. The summed E-state index contributed by atoms with van der Waals surface area (Å²) in [6, 6.07) is 53.9. The second-order valence-corrected chi connectivity index (χ2v) is 16.8. The van der Waals surface area contributed by atoms with Crippen molar-refractivity contribution in [3.63, 3.8) is 0 Å². The molecule has 0 atom stereocenters. The Bertz CT molecular complexity index is 3300. The molecule has 0 aliphatic heterocycles. The second kappa shape index (κ2) is 16.0. The van der Waals surface area contributed by atoms with Gasteiger partial charge >= 0.3 is 0 Å². The van der Waals surface area contributed by atoms with Crippen molar-refractivity contribution in [1.82, 2.24) is 29.1 Å². The molecule has 0 bridgehead atoms. The average molecular weight is 833 g/mol. The second-order valence-electron chi connectivity index (χ2n) is 16.8. The number of pyridine rings is 2. The van der Waals surface area contributed by atoms with Gasteiger partial charge in [-0.3, -0.25) is 19.1 Å². The standard InChI is InChI=1S/C56H44N6O2/c1-35(2)37-23-25-57-55(29-37)61-51-17-7-5-15-45(51)47-21-19-43(31-53(47)61)63-41-13-9-11-39(27-41)49-33-60-50(34-59-49)40-12-10-14-42(28-40)64-44-20-22-48-46-16-6-8-18-52(46)62(54(48)32-44)56-30-38(36(3)4)24-26-58-56/h5-36H,1-4H3. The summed E-state index contributed by atoms with van der Waals surface area (Å²) < 4.78 is 17.5. The maximum absolute atomic E-state index is 6.53. The van der Waals surface area contributed by atoms with E-state index in [9.17, 15) is 0 Å². The molecule has 0 saturated heterocycles. The molecule has 6 aromatic carbocycles. The summed E-state index contributed by atoms with van der Waals surface area (Å²) >= 11 is 0. The van der Waals surface area contributed by atoms with E-state index in [1.165, 1.54) is 21.9 Å². The minimum absolute atomic E-state index is 0.388. The predicted octanol–water partition coefficient (Wildman–Crippen LogP) is 14.6. The number of para-hydroxylation sites is 2. The molecular formula is C56H44N6O2. The number of hydrogen-bond donors (Lipinski definition) is 0. The molecule has 11 aromatic rings. The van der Waals surface area contributed by atoms with Crippen LogP contribution < -0.4 is 9.47 Å². The Hall–Kier alpha value is -8.10. The van der Waals surface area contributed by atoms with E-state index in [4.69, 9.17) is 29.4 Å². The fraction of sp³-hybridized carbons (Fsp3) is 0.107. The Balaban J connectivity index is 0.848. The first-order chi connectivity index (χ1) is 31.3. The van der Waals surface area contributed by atoms with Gasteiger partial charge in [0.25, 0.3) is 0 Å². The molecule has 5 aromatic heterocycles. The van der Waals surface area contributed by atoms with E-state index in [1.807, 2.05) is 73.1 Å². The maximum Gasteiger partial charge on any atom is 0.137 e. The van der Waals surface area contributed by atoms with Crippen LogP contribution in [-0.2, 0) is 0 Å². The Kier molecular flexibility index (Phi) is 9.69. The van der Waals surface area contributed by atoms with Crippen LogP contribution in [0.5, 0.6) is 23.0 Å². The highest BCUT2D eigenvalue weighted by atomic mass is 16.5. The van der Waals surface area contributed by atoms with Crippen LogP contribution in [0.4, 0.5) is 0 Å². The zero-order valence-electron chi connectivity index (χ0n) is 36.0. The van der Waals surface area contributed by atoms with Crippen molar-refractivity contribution in [2.45, 2.75) is 39.5 Å². The lowest BCUT2D eigenvalue weighted by atomic mass is 10.1. The topological polar surface area (TPSA) is 79.9 Å². The smallest absolute Gasteiger partial charge is 0.137 e. The van der Waals surface area contributed by atoms with E-state index in [0.717, 1.165) is 78.5 Å². The Morgan fingerprint density at radius 3 is 1.23 bits per heavy atom. The molecule has 8 nitrogen and oxygen atoms in total. The van der Waals surface area contributed by atoms with Crippen LogP contribution >= 0.6 is 0 Å². The quantitative estimate of drug-likeness (QED) is 0.137. The van der Waals surface area contributed by atoms with Gasteiger partial charge in [-0.1, -0.05) is 88.4 Å². The van der Waals surface area contributed by atoms with Crippen LogP contribution in [0.25, 0.3) is 77.8 Å². The third-order valence-electron chi connectivity index (χ3n) is 12.0. The largest absolute Gasteiger partial charge is 0.457 e. The number of benzene rings is 6. The van der Waals surface area contributed by atoms with E-state index in [1.54, 1.807) is 12.4 Å². The minimum atomic E-state index is 0.388. The highest BCUT2D eigenvalue weighted by Crippen LogP contribution is 2.38. The van der Waals surface area contributed by atoms with Crippen LogP contribution in [0.2, 0.25) is 0 Å². The molecule has 0 amide bonds. The van der Waals surface area contributed by atoms with Gasteiger partial charge in [0.05, 0.1) is 45.8 Å². The molecule has 0 aliphatic rings. The van der Waals surface area contributed by atoms with Crippen molar-refractivity contribution in [2.24, 2.45) is 0 Å². The van der Waals surface area contributed by atoms with Crippen LogP contribution in [0.1, 0.15) is 50.7 Å². The average Bonchev–Trinajstić information content (AvgIpc) is 3.84. The zero-order chi connectivity index (χ0) is 43.3. The Morgan fingerprint density at radius 2 is 0.797 bits per heavy atom. The van der Waals surface area contributed by atoms with Crippen molar-refractivity contribution in [3.05, 3.63) is 194 Å². The van der Waals surface area contributed by atoms with Crippen LogP contribution in [-0.4, -0.2) is 29.1 Å². The summed E-state index contributed by atoms with van der Waals surface area (Å²) in [5, 5.41) is 4.62. The van der Waals surface area contributed by atoms with E-state index in [-0.39, 0.29) is 0 Å². The summed E-state index contributed by atoms with van der Waals surface area (Å²) in [6.07, 6.45) is 7.40. The highest BCUT2D eigenvalue weighted by molar-refractivity contribution is 6.10. The first-order valence-electron chi connectivity index (χ1n) is 21.7. The molecule has 0 saturated carbocycles. The third-order valence-corrected chi connectivity index (χ3v) is 12.0. The zero-order valence-corrected chi connectivity index (χ0v) is 36.0. The van der Waals surface area contributed by atoms with E-state index >= 15 is 0 Å². The summed E-state index contributed by atoms with van der Waals surface area (Å²) in [7, 11) is 0. The van der Waals surface area contributed by atoms with Crippen molar-refractivity contribution in [1.29, 1.82) is 0 Å². The summed E-state index contributed by atoms with van der Waals surface area (Å²) in [5.74, 6) is 5.41. The number of rotatable bonds is 10. The summed E-state index contributed by atoms with van der Waals surface area (Å²) in [5.41, 5.74) is 10.0. The minimum Gasteiger partial charge on any atom is -0.457 e. The fourth-order valence-electron chi connectivity index (χ4n) is 8.69. The molecule has 5 heterocycles. The van der Waals surface area contributed by atoms with E-state index < -0.39 is 0 Å². The van der Waals surface area contributed by atoms with Gasteiger partial charge in [-0.2, -0.15) is 0 Å². The molecule has 0 N–H and O–H groups in total. The normalized spacial score (nSPS) is 11.7. The van der Waals surface area contributed by atoms with Crippen molar-refractivity contribution in [2.75, 3.05) is 0 Å². The predicted molar refractivity (Wildman–Crippen MR) is 258 cm³/mol. The summed E-state index contributed by atoms with van der Waals surface area (Å²) in [6.45, 7) is 8.81. The lowest BCUT2D eigenvalue weighted by Gasteiger charge is -2.12. The van der Waals surface area contributed by atoms with Crippen LogP contribution in [0.3, 0.4) is 0 Å². The fourth-order valence-corrected chi connectivity index (χ4v) is 8.69. The van der Waals surface area contributed by atoms with Gasteiger partial charge in [0.15, 0.2) is 0 Å². The van der Waals surface area contributed by atoms with E-state index in [0.29, 0.717) is 23.3 Å². The van der Waals surface area contributed by atoms with Gasteiger partial charge in [0.2, 0.25) is 0 Å². The molecule has 11 rings (SSSR count). The molecule has 0 unspecified atom stereocenters. The monoisotopic (exact) mass is 832 g/mol. The Labute approximate surface area is 371 Å². The van der Waals surface area contributed by atoms with Gasteiger partial charge in [-0.05, 0) is 108 Å². The SMILES string of the molecule is CC(C)c1ccnc(-n2c3ccccc3c3ccc(Oc4cccc(-c5cnc(-c6cccc(Oc7ccc8c9ccccc9n(-c9cc(C(C)C)ccn9)c8c7)c6)cn5)c4)cc32)c1. The van der Waals surface area contributed by atoms with Gasteiger partial charge in [0, 0.05) is 57.2 Å². The van der Waals surface area contributed by atoms with Crippen molar-refractivity contribution in [3.8, 4) is 57.1 Å². The number of nitrogens with zero attached hydrogens (tertiary/aromatic N) is 6. The Morgan fingerprint density at radius 1 is 0.375 bits per heavy atom. The highest BCUT2D eigenvalue weighted by Gasteiger charge is 2.17. The first-order valence-corrected chi connectivity index (χ1v) is 21.7. The maximum atomic E-state index is 6.53. The van der Waals surface area contributed by atoms with Crippen molar-refractivity contribution < 1.29 is 9.47 Å². The number of fused-ring (bicyclic) bond motifs is 6. The molecule has 0 radical (unpaired) electrons. The molecular weight excluding hydrogens is 789 g/mol. The lowest BCUT2D eigenvalue weighted by molar-refractivity contribution is 0.483. The molecule has 0 fully saturated rings. The third kappa shape index (κ3) is 7.09. The molecule has 8 heteroatoms. The van der Waals surface area contributed by atoms with Crippen LogP contribution in [0.15, 0.2) is 183 Å². The number of ether oxygens (including phenoxy) is 2. The summed E-state index contributed by atoms with van der Waals surface area (Å²) in [4.78, 5) is 19.3. The molecule has 310 valence electrons. The molecule has 0 aliphatic carbocycles. The van der Waals surface area contributed by atoms with Gasteiger partial charge in [-0.25, -0.2) is 9.97 Å². The van der Waals surface area contributed by atoms with Gasteiger partial charge in [0.1, 0.15) is 34.6 Å². The number of aromatic nitrogens is 6. The van der Waals surface area contributed by atoms with Crippen LogP contribution in [0, 0.1) is 0 Å². The number of hydrogen-bond acceptors (Lipinski definition) is 6. The molecule has 0 spiro atoms. The lowest BCUT2D eigenvalue weighted by Crippen LogP contribution is -1.99. The molecule has 64 heavy (non-hydrogen) atoms. The van der Waals surface area contributed by atoms with E-state index in [2.05, 4.69) is 134 Å².